The van der Waals surface area contributed by atoms with E-state index in [1.54, 1.807) is 0 Å². The molecule has 0 fully saturated rings. The van der Waals surface area contributed by atoms with Gasteiger partial charge in [-0.25, -0.2) is 0 Å². The molecule has 14 heteroatoms. The molecule has 0 saturated carbocycles. The zero-order chi connectivity index (χ0) is 86.8. The summed E-state index contributed by atoms with van der Waals surface area (Å²) in [5, 5.41) is 0. The van der Waals surface area contributed by atoms with Crippen molar-refractivity contribution in [3.8, 4) is 11.5 Å². The predicted molar refractivity (Wildman–Crippen MR) is 552 cm³/mol. The second-order valence-corrected chi connectivity index (χ2v) is 39.1. The first kappa shape index (κ1) is 77.8. The van der Waals surface area contributed by atoms with E-state index in [1.165, 1.54) is 58.0 Å². The number of benzene rings is 16. The number of thiophene rings is 2. The highest BCUT2D eigenvalue weighted by Gasteiger charge is 2.53. The third-order valence-electron chi connectivity index (χ3n) is 26.9. The quantitative estimate of drug-likeness (QED) is 0.0990. The summed E-state index contributed by atoms with van der Waals surface area (Å²) in [6, 6.07) is 145. The lowest BCUT2D eigenvalue weighted by molar-refractivity contribution is 0.488. The number of ether oxygens (including phenoxy) is 1. The Hall–Kier alpha value is -14.7. The van der Waals surface area contributed by atoms with Crippen molar-refractivity contribution in [2.45, 2.75) is 73.1 Å². The van der Waals surface area contributed by atoms with Gasteiger partial charge < -0.3 is 43.9 Å². The Kier molecular flexibility index (Phi) is 18.3. The van der Waals surface area contributed by atoms with Crippen molar-refractivity contribution < 1.29 is 4.74 Å². The molecule has 9 nitrogen and oxygen atoms in total. The van der Waals surface area contributed by atoms with Crippen LogP contribution in [0.5, 0.6) is 11.5 Å². The van der Waals surface area contributed by atoms with E-state index in [0.29, 0.717) is 0 Å². The smallest absolute Gasteiger partial charge is 0.264 e. The molecule has 8 heterocycles. The zero-order valence-corrected chi connectivity index (χ0v) is 75.1. The summed E-state index contributed by atoms with van der Waals surface area (Å²) < 4.78 is 10.9. The lowest BCUT2D eigenvalue weighted by Crippen LogP contribution is -2.65. The second-order valence-electron chi connectivity index (χ2n) is 36.9. The standard InChI is InChI=1S/C115H91B3N8OS2/c1-74-40-34-37-59-92(74)124-96-70-95-88(68-89(96)117-109-98(122(83-55-30-16-31-56-83)103-72-107(114(4,5)6)128-112(103)117)62-85(64-100(109)124)119(77-43-18-10-19-44-77)78-45-20-11-21-46-78)116-91-69-90-97(71-105(91)127-106-67-87(66-102(111(106)116)125(95)93-60-38-35-41-75(93)2)121(81-51-26-14-27-52-81)82-53-28-15-29-54-82)126(94-61-39-36-42-76(94)3)101-65-86(120(79-47-22-12-23-48-79)80-49-24-13-25-50-80)63-99-110(101)118(90)113-104(73-108(129-113)115(7,8)9)123(99)84-57-32-17-33-58-84/h10-73H,1-9H3. The molecule has 0 atom stereocenters. The molecule has 0 amide bonds. The molecule has 6 aliphatic rings. The molecule has 18 aromatic rings. The van der Waals surface area contributed by atoms with Crippen LogP contribution in [0.3, 0.4) is 0 Å². The molecule has 24 rings (SSSR count). The summed E-state index contributed by atoms with van der Waals surface area (Å²) in [6.07, 6.45) is 0. The normalized spacial score (nSPS) is 13.4. The van der Waals surface area contributed by atoms with Gasteiger partial charge in [0.1, 0.15) is 11.5 Å². The van der Waals surface area contributed by atoms with E-state index >= 15 is 0 Å². The van der Waals surface area contributed by atoms with Crippen LogP contribution in [0, 0.1) is 20.8 Å². The summed E-state index contributed by atoms with van der Waals surface area (Å²) in [5.41, 5.74) is 37.4. The van der Waals surface area contributed by atoms with Gasteiger partial charge in [-0.05, 0) is 250 Å². The van der Waals surface area contributed by atoms with Gasteiger partial charge in [0.2, 0.25) is 0 Å². The Morgan fingerprint density at radius 2 is 0.504 bits per heavy atom. The fourth-order valence-electron chi connectivity index (χ4n) is 21.0. The molecular weight excluding hydrogens is 1610 g/mol. The number of para-hydroxylation sites is 11. The van der Waals surface area contributed by atoms with E-state index in [-0.39, 0.29) is 24.3 Å². The molecule has 6 aliphatic heterocycles. The molecule has 0 saturated heterocycles. The second kappa shape index (κ2) is 30.3. The summed E-state index contributed by atoms with van der Waals surface area (Å²) in [5.74, 6) is 1.60. The van der Waals surface area contributed by atoms with Crippen molar-refractivity contribution >= 4 is 227 Å². The van der Waals surface area contributed by atoms with E-state index in [2.05, 4.69) is 490 Å². The Labute approximate surface area is 764 Å². The van der Waals surface area contributed by atoms with Gasteiger partial charge in [-0.15, -0.1) is 0 Å². The van der Waals surface area contributed by atoms with E-state index in [0.717, 1.165) is 164 Å². The van der Waals surface area contributed by atoms with E-state index < -0.39 is 6.71 Å². The molecular formula is C115H91B3N8OS2. The SMILES string of the molecule is Cc1ccccc1N1c2cc3c(cc2B2c4cc5c(cc4Oc4cc(N(c6ccccc6)c6ccccc6)cc1c42)N(c1ccccc1C)c1cc(N(c2ccccc2)c2ccccc2)cc2c1B5c1sc(C(C)(C)C)cc1N2c1ccccc1)B1c2sc(C(C)(C)C)cc2N(c2ccccc2)c2cc(N(c4ccccc4)c4ccccc4)cc(c21)N3c1ccccc1C. The topological polar surface area (TPSA) is 35.2 Å². The lowest BCUT2D eigenvalue weighted by Gasteiger charge is -2.47. The number of hydrogen-bond acceptors (Lipinski definition) is 11. The zero-order valence-electron chi connectivity index (χ0n) is 73.5. The number of rotatable bonds is 14. The maximum absolute atomic E-state index is 8.30. The minimum absolute atomic E-state index is 0.195. The first-order chi connectivity index (χ1) is 63.0. The number of anilines is 24. The molecule has 0 N–H and O–H groups in total. The van der Waals surface area contributed by atoms with Gasteiger partial charge in [0, 0.05) is 140 Å². The molecule has 2 aromatic heterocycles. The summed E-state index contributed by atoms with van der Waals surface area (Å²) >= 11 is 3.96. The van der Waals surface area contributed by atoms with E-state index in [1.807, 2.05) is 22.7 Å². The minimum Gasteiger partial charge on any atom is -0.458 e. The van der Waals surface area contributed by atoms with Crippen molar-refractivity contribution in [2.24, 2.45) is 0 Å². The van der Waals surface area contributed by atoms with E-state index in [4.69, 9.17) is 4.74 Å². The van der Waals surface area contributed by atoms with Crippen molar-refractivity contribution in [1.82, 2.24) is 0 Å². The van der Waals surface area contributed by atoms with Crippen LogP contribution in [0.1, 0.15) is 68.0 Å². The molecule has 0 unspecified atom stereocenters. The molecule has 0 bridgehead atoms. The van der Waals surface area contributed by atoms with Crippen molar-refractivity contribution in [2.75, 3.05) is 39.2 Å². The first-order valence-electron chi connectivity index (χ1n) is 44.9. The van der Waals surface area contributed by atoms with Crippen LogP contribution < -0.4 is 91.7 Å². The summed E-state index contributed by atoms with van der Waals surface area (Å²) in [6.45, 7) is 20.2. The third kappa shape index (κ3) is 12.6. The van der Waals surface area contributed by atoms with Crippen LogP contribution in [0.15, 0.2) is 388 Å². The molecule has 0 spiro atoms. The number of hydrogen-bond donors (Lipinski definition) is 0. The molecule has 0 radical (unpaired) electrons. The van der Waals surface area contributed by atoms with Gasteiger partial charge >= 0.3 is 0 Å². The first-order valence-corrected chi connectivity index (χ1v) is 46.5. The molecule has 129 heavy (non-hydrogen) atoms. The largest absolute Gasteiger partial charge is 0.458 e. The molecule has 618 valence electrons. The maximum Gasteiger partial charge on any atom is 0.264 e. The fourth-order valence-corrected chi connectivity index (χ4v) is 23.7. The minimum atomic E-state index is -0.406. The van der Waals surface area contributed by atoms with Crippen LogP contribution in [0.25, 0.3) is 0 Å². The number of nitrogens with zero attached hydrogens (tertiary/aromatic N) is 8. The van der Waals surface area contributed by atoms with Crippen LogP contribution in [-0.2, 0) is 10.8 Å². The van der Waals surface area contributed by atoms with Crippen molar-refractivity contribution in [1.29, 1.82) is 0 Å². The molecule has 0 aliphatic carbocycles. The van der Waals surface area contributed by atoms with Gasteiger partial charge in [-0.2, -0.15) is 22.7 Å². The number of fused-ring (bicyclic) bond motifs is 12. The highest BCUT2D eigenvalue weighted by molar-refractivity contribution is 7.30. The molecule has 16 aromatic carbocycles. The van der Waals surface area contributed by atoms with Crippen LogP contribution in [0.4, 0.5) is 136 Å². The highest BCUT2D eigenvalue weighted by atomic mass is 32.1. The maximum atomic E-state index is 8.30. The predicted octanol–water partition coefficient (Wildman–Crippen LogP) is 26.3. The van der Waals surface area contributed by atoms with Gasteiger partial charge in [-0.1, -0.05) is 254 Å². The van der Waals surface area contributed by atoms with Crippen molar-refractivity contribution in [3.63, 3.8) is 0 Å². The van der Waals surface area contributed by atoms with E-state index in [9.17, 15) is 0 Å². The highest BCUT2D eigenvalue weighted by Crippen LogP contribution is 2.57. The van der Waals surface area contributed by atoms with Crippen molar-refractivity contribution in [3.05, 3.63) is 415 Å². The monoisotopic (exact) mass is 1700 g/mol. The Morgan fingerprint density at radius 3 is 0.837 bits per heavy atom. The average Bonchev–Trinajstić information content (AvgIpc) is 1.64. The fraction of sp³-hybridized carbons (Fsp3) is 0.0957. The van der Waals surface area contributed by atoms with Crippen LogP contribution in [-0.4, -0.2) is 20.1 Å². The Bertz CT molecular complexity index is 7360. The third-order valence-corrected chi connectivity index (χ3v) is 30.1. The Morgan fingerprint density at radius 1 is 0.225 bits per heavy atom. The van der Waals surface area contributed by atoms with Gasteiger partial charge in [0.05, 0.1) is 28.4 Å². The van der Waals surface area contributed by atoms with Crippen LogP contribution >= 0.6 is 22.7 Å². The van der Waals surface area contributed by atoms with Gasteiger partial charge in [-0.3, -0.25) is 0 Å². The summed E-state index contributed by atoms with van der Waals surface area (Å²) in [4.78, 5) is 23.0. The average molecular weight is 1700 g/mol. The number of aryl methyl sites for hydroxylation is 3. The van der Waals surface area contributed by atoms with Crippen LogP contribution in [0.2, 0.25) is 0 Å². The van der Waals surface area contributed by atoms with Gasteiger partial charge in [0.15, 0.2) is 0 Å². The lowest BCUT2D eigenvalue weighted by atomic mass is 9.30. The Balaban J connectivity index is 0.837. The van der Waals surface area contributed by atoms with Gasteiger partial charge in [0.25, 0.3) is 20.1 Å². The summed E-state index contributed by atoms with van der Waals surface area (Å²) in [7, 11) is 0.